The molecule has 2 amide bonds. The first kappa shape index (κ1) is 16.3. The maximum absolute atomic E-state index is 12.0. The van der Waals surface area contributed by atoms with E-state index >= 15 is 0 Å². The first-order valence-electron chi connectivity index (χ1n) is 6.51. The number of carbonyl (C=O) groups excluding carboxylic acids is 2. The van der Waals surface area contributed by atoms with Gasteiger partial charge in [-0.05, 0) is 43.7 Å². The molecule has 2 aromatic rings. The molecule has 4 nitrogen and oxygen atoms in total. The molecule has 0 aliphatic rings. The lowest BCUT2D eigenvalue weighted by atomic mass is 10.1. The van der Waals surface area contributed by atoms with Crippen LogP contribution in [0.15, 0.2) is 36.4 Å². The molecule has 2 N–H and O–H groups in total. The van der Waals surface area contributed by atoms with Crippen molar-refractivity contribution >= 4 is 46.4 Å². The summed E-state index contributed by atoms with van der Waals surface area (Å²) < 4.78 is 0. The Morgan fingerprint density at radius 1 is 0.864 bits per heavy atom. The lowest BCUT2D eigenvalue weighted by Crippen LogP contribution is -2.29. The molecule has 0 bridgehead atoms. The third kappa shape index (κ3) is 4.00. The molecule has 0 radical (unpaired) electrons. The lowest BCUT2D eigenvalue weighted by Gasteiger charge is -2.10. The normalized spacial score (nSPS) is 10.2. The van der Waals surface area contributed by atoms with Gasteiger partial charge < -0.3 is 10.6 Å². The average Bonchev–Trinajstić information content (AvgIpc) is 2.45. The third-order valence-electron chi connectivity index (χ3n) is 3.01. The highest BCUT2D eigenvalue weighted by molar-refractivity contribution is 6.45. The van der Waals surface area contributed by atoms with E-state index < -0.39 is 11.8 Å². The molecule has 114 valence electrons. The molecule has 0 fully saturated rings. The van der Waals surface area contributed by atoms with E-state index in [1.165, 1.54) is 6.07 Å². The molecule has 2 aromatic carbocycles. The number of amides is 2. The zero-order valence-corrected chi connectivity index (χ0v) is 13.5. The summed E-state index contributed by atoms with van der Waals surface area (Å²) in [5, 5.41) is 5.71. The van der Waals surface area contributed by atoms with Gasteiger partial charge in [0, 0.05) is 10.7 Å². The number of hydrogen-bond acceptors (Lipinski definition) is 2. The van der Waals surface area contributed by atoms with Crippen molar-refractivity contribution < 1.29 is 9.59 Å². The quantitative estimate of drug-likeness (QED) is 0.808. The van der Waals surface area contributed by atoms with Gasteiger partial charge in [-0.15, -0.1) is 0 Å². The van der Waals surface area contributed by atoms with Crippen molar-refractivity contribution in [1.29, 1.82) is 0 Å². The van der Waals surface area contributed by atoms with Crippen LogP contribution in [0.2, 0.25) is 10.0 Å². The zero-order valence-electron chi connectivity index (χ0n) is 12.0. The maximum atomic E-state index is 12.0. The molecule has 0 aromatic heterocycles. The number of rotatable bonds is 2. The van der Waals surface area contributed by atoms with E-state index in [9.17, 15) is 9.59 Å². The van der Waals surface area contributed by atoms with E-state index in [4.69, 9.17) is 23.2 Å². The molecule has 0 aliphatic carbocycles. The molecular weight excluding hydrogens is 323 g/mol. The Labute approximate surface area is 138 Å². The van der Waals surface area contributed by atoms with Gasteiger partial charge in [-0.25, -0.2) is 0 Å². The van der Waals surface area contributed by atoms with Crippen LogP contribution in [0.4, 0.5) is 11.4 Å². The Bertz CT molecular complexity index is 745. The van der Waals surface area contributed by atoms with Crippen molar-refractivity contribution in [2.75, 3.05) is 10.6 Å². The summed E-state index contributed by atoms with van der Waals surface area (Å²) in [4.78, 5) is 23.9. The highest BCUT2D eigenvalue weighted by Gasteiger charge is 2.16. The van der Waals surface area contributed by atoms with Gasteiger partial charge in [0.2, 0.25) is 0 Å². The maximum Gasteiger partial charge on any atom is 0.314 e. The molecule has 0 atom stereocenters. The molecule has 22 heavy (non-hydrogen) atoms. The Morgan fingerprint density at radius 2 is 1.50 bits per heavy atom. The highest BCUT2D eigenvalue weighted by Crippen LogP contribution is 2.25. The van der Waals surface area contributed by atoms with Crippen LogP contribution in [0, 0.1) is 13.8 Å². The van der Waals surface area contributed by atoms with Gasteiger partial charge in [0.1, 0.15) is 0 Å². The van der Waals surface area contributed by atoms with Crippen molar-refractivity contribution in [1.82, 2.24) is 0 Å². The second-order valence-electron chi connectivity index (χ2n) is 4.85. The van der Waals surface area contributed by atoms with Crippen LogP contribution in [-0.2, 0) is 9.59 Å². The van der Waals surface area contributed by atoms with Crippen molar-refractivity contribution in [2.24, 2.45) is 0 Å². The Morgan fingerprint density at radius 3 is 2.14 bits per heavy atom. The van der Waals surface area contributed by atoms with E-state index in [1.54, 1.807) is 18.2 Å². The van der Waals surface area contributed by atoms with Crippen molar-refractivity contribution in [3.8, 4) is 0 Å². The van der Waals surface area contributed by atoms with Crippen molar-refractivity contribution in [2.45, 2.75) is 13.8 Å². The zero-order chi connectivity index (χ0) is 16.3. The fraction of sp³-hybridized carbons (Fsp3) is 0.125. The summed E-state index contributed by atoms with van der Waals surface area (Å²) in [5.41, 5.74) is 2.82. The summed E-state index contributed by atoms with van der Waals surface area (Å²) in [6, 6.07) is 10.1. The van der Waals surface area contributed by atoms with Crippen molar-refractivity contribution in [3.63, 3.8) is 0 Å². The van der Waals surface area contributed by atoms with E-state index in [-0.39, 0.29) is 5.69 Å². The predicted molar refractivity (Wildman–Crippen MR) is 89.6 cm³/mol. The minimum absolute atomic E-state index is 0.287. The summed E-state index contributed by atoms with van der Waals surface area (Å²) >= 11 is 11.8. The van der Waals surface area contributed by atoms with Crippen LogP contribution in [-0.4, -0.2) is 11.8 Å². The number of hydrogen-bond donors (Lipinski definition) is 2. The average molecular weight is 337 g/mol. The fourth-order valence-electron chi connectivity index (χ4n) is 1.91. The smallest absolute Gasteiger partial charge is 0.314 e. The highest BCUT2D eigenvalue weighted by atomic mass is 35.5. The van der Waals surface area contributed by atoms with E-state index in [0.717, 1.165) is 11.1 Å². The van der Waals surface area contributed by atoms with Crippen LogP contribution < -0.4 is 10.6 Å². The molecule has 0 spiro atoms. The lowest BCUT2D eigenvalue weighted by molar-refractivity contribution is -0.133. The SMILES string of the molecule is Cc1ccc(NC(=O)C(=O)Nc2cc(Cl)ccc2Cl)c(C)c1. The molecule has 6 heteroatoms. The minimum Gasteiger partial charge on any atom is -0.318 e. The summed E-state index contributed by atoms with van der Waals surface area (Å²) in [6.07, 6.45) is 0. The summed E-state index contributed by atoms with van der Waals surface area (Å²) in [5.74, 6) is -1.59. The van der Waals surface area contributed by atoms with Gasteiger partial charge in [0.25, 0.3) is 0 Å². The second-order valence-corrected chi connectivity index (χ2v) is 5.69. The Hall–Kier alpha value is -2.04. The third-order valence-corrected chi connectivity index (χ3v) is 3.58. The molecule has 0 aliphatic heterocycles. The van der Waals surface area contributed by atoms with Crippen molar-refractivity contribution in [3.05, 3.63) is 57.6 Å². The molecule has 0 heterocycles. The largest absolute Gasteiger partial charge is 0.318 e. The molecular formula is C16H14Cl2N2O2. The van der Waals surface area contributed by atoms with E-state index in [1.807, 2.05) is 26.0 Å². The fourth-order valence-corrected chi connectivity index (χ4v) is 2.24. The van der Waals surface area contributed by atoms with Crippen LogP contribution >= 0.6 is 23.2 Å². The van der Waals surface area contributed by atoms with Gasteiger partial charge >= 0.3 is 11.8 Å². The van der Waals surface area contributed by atoms with Gasteiger partial charge in [0.15, 0.2) is 0 Å². The summed E-state index contributed by atoms with van der Waals surface area (Å²) in [7, 11) is 0. The second kappa shape index (κ2) is 6.81. The summed E-state index contributed by atoms with van der Waals surface area (Å²) in [6.45, 7) is 3.81. The monoisotopic (exact) mass is 336 g/mol. The van der Waals surface area contributed by atoms with Gasteiger partial charge in [-0.3, -0.25) is 9.59 Å². The first-order chi connectivity index (χ1) is 10.4. The van der Waals surface area contributed by atoms with Gasteiger partial charge in [-0.2, -0.15) is 0 Å². The number of benzene rings is 2. The first-order valence-corrected chi connectivity index (χ1v) is 7.27. The Balaban J connectivity index is 2.09. The van der Waals surface area contributed by atoms with E-state index in [2.05, 4.69) is 10.6 Å². The minimum atomic E-state index is -0.816. The van der Waals surface area contributed by atoms with Crippen LogP contribution in [0.3, 0.4) is 0 Å². The number of halogens is 2. The van der Waals surface area contributed by atoms with Crippen LogP contribution in [0.25, 0.3) is 0 Å². The standard InChI is InChI=1S/C16H14Cl2N2O2/c1-9-3-6-13(10(2)7-9)19-15(21)16(22)20-14-8-11(17)4-5-12(14)18/h3-8H,1-2H3,(H,19,21)(H,20,22). The molecule has 0 saturated heterocycles. The topological polar surface area (TPSA) is 58.2 Å². The number of carbonyl (C=O) groups is 2. The molecule has 0 saturated carbocycles. The predicted octanol–water partition coefficient (Wildman–Crippen LogP) is 4.19. The Kier molecular flexibility index (Phi) is 5.06. The number of aryl methyl sites for hydroxylation is 2. The molecule has 2 rings (SSSR count). The van der Waals surface area contributed by atoms with Crippen LogP contribution in [0.5, 0.6) is 0 Å². The van der Waals surface area contributed by atoms with Gasteiger partial charge in [0.05, 0.1) is 10.7 Å². The number of anilines is 2. The van der Waals surface area contributed by atoms with E-state index in [0.29, 0.717) is 15.7 Å². The van der Waals surface area contributed by atoms with Gasteiger partial charge in [-0.1, -0.05) is 40.9 Å². The van der Waals surface area contributed by atoms with Crippen LogP contribution in [0.1, 0.15) is 11.1 Å². The number of nitrogens with one attached hydrogen (secondary N) is 2. The molecule has 0 unspecified atom stereocenters.